The van der Waals surface area contributed by atoms with Gasteiger partial charge < -0.3 is 10.4 Å². The lowest BCUT2D eigenvalue weighted by Gasteiger charge is -2.11. The summed E-state index contributed by atoms with van der Waals surface area (Å²) in [7, 11) is 0. The van der Waals surface area contributed by atoms with E-state index in [1.165, 1.54) is 18.2 Å². The predicted octanol–water partition coefficient (Wildman–Crippen LogP) is 3.30. The first-order chi connectivity index (χ1) is 11.0. The number of nitrogens with one attached hydrogen (secondary N) is 1. The number of benzene rings is 2. The molecule has 1 atom stereocenters. The number of nitrogens with zero attached hydrogens (tertiary/aromatic N) is 1. The van der Waals surface area contributed by atoms with E-state index in [1.54, 1.807) is 49.4 Å². The van der Waals surface area contributed by atoms with Crippen LogP contribution in [0.5, 0.6) is 0 Å². The minimum Gasteiger partial charge on any atom is -0.389 e. The number of nitro groups is 1. The molecular weight excluding hydrogens is 296 g/mol. The quantitative estimate of drug-likeness (QED) is 0.503. The lowest BCUT2D eigenvalue weighted by atomic mass is 10.1. The number of non-ortho nitro benzene ring substituents is 1. The summed E-state index contributed by atoms with van der Waals surface area (Å²) in [6.45, 7) is 1.62. The topological polar surface area (TPSA) is 92.5 Å². The van der Waals surface area contributed by atoms with Gasteiger partial charge in [0.1, 0.15) is 0 Å². The van der Waals surface area contributed by atoms with Gasteiger partial charge in [0, 0.05) is 29.5 Å². The van der Waals surface area contributed by atoms with Crippen LogP contribution in [0.15, 0.2) is 54.6 Å². The average molecular weight is 312 g/mol. The van der Waals surface area contributed by atoms with Crippen LogP contribution in [-0.2, 0) is 4.79 Å². The van der Waals surface area contributed by atoms with Gasteiger partial charge in [0.15, 0.2) is 0 Å². The summed E-state index contributed by atoms with van der Waals surface area (Å²) in [5.41, 5.74) is 1.84. The summed E-state index contributed by atoms with van der Waals surface area (Å²) in [5, 5.41) is 22.9. The molecule has 0 aliphatic rings. The minimum atomic E-state index is -0.690. The molecule has 2 rings (SSSR count). The van der Waals surface area contributed by atoms with Crippen LogP contribution in [0.2, 0.25) is 0 Å². The molecule has 0 spiro atoms. The number of rotatable bonds is 5. The number of aliphatic hydroxyl groups is 1. The lowest BCUT2D eigenvalue weighted by molar-refractivity contribution is -0.384. The van der Waals surface area contributed by atoms with Crippen molar-refractivity contribution in [3.8, 4) is 0 Å². The summed E-state index contributed by atoms with van der Waals surface area (Å²) in [5.74, 6) is -0.351. The van der Waals surface area contributed by atoms with Crippen LogP contribution in [0, 0.1) is 10.1 Å². The molecule has 0 fully saturated rings. The Balaban J connectivity index is 2.06. The fourth-order valence-electron chi connectivity index (χ4n) is 2.03. The van der Waals surface area contributed by atoms with Crippen molar-refractivity contribution in [1.29, 1.82) is 0 Å². The highest BCUT2D eigenvalue weighted by atomic mass is 16.6. The lowest BCUT2D eigenvalue weighted by Crippen LogP contribution is -2.10. The van der Waals surface area contributed by atoms with Crippen molar-refractivity contribution in [1.82, 2.24) is 0 Å². The van der Waals surface area contributed by atoms with Gasteiger partial charge in [-0.1, -0.05) is 18.2 Å². The van der Waals surface area contributed by atoms with Crippen LogP contribution in [0.4, 0.5) is 11.4 Å². The molecule has 1 amide bonds. The van der Waals surface area contributed by atoms with Gasteiger partial charge >= 0.3 is 0 Å². The summed E-state index contributed by atoms with van der Waals surface area (Å²) < 4.78 is 0. The van der Waals surface area contributed by atoms with Crippen LogP contribution < -0.4 is 5.32 Å². The molecule has 0 saturated carbocycles. The van der Waals surface area contributed by atoms with E-state index < -0.39 is 11.0 Å². The van der Waals surface area contributed by atoms with Crippen LogP contribution in [0.25, 0.3) is 6.08 Å². The molecular formula is C17H16N2O4. The van der Waals surface area contributed by atoms with Crippen molar-refractivity contribution in [2.75, 3.05) is 5.32 Å². The molecule has 2 aromatic carbocycles. The van der Waals surface area contributed by atoms with Gasteiger partial charge in [-0.3, -0.25) is 14.9 Å². The zero-order valence-corrected chi connectivity index (χ0v) is 12.5. The maximum Gasteiger partial charge on any atom is 0.269 e. The molecule has 0 saturated heterocycles. The van der Waals surface area contributed by atoms with E-state index in [0.29, 0.717) is 16.8 Å². The van der Waals surface area contributed by atoms with Crippen molar-refractivity contribution in [2.45, 2.75) is 13.0 Å². The molecule has 0 aliphatic carbocycles. The highest BCUT2D eigenvalue weighted by Crippen LogP contribution is 2.22. The molecule has 2 aromatic rings. The molecule has 118 valence electrons. The summed E-state index contributed by atoms with van der Waals surface area (Å²) in [6.07, 6.45) is 2.20. The Morgan fingerprint density at radius 3 is 2.48 bits per heavy atom. The van der Waals surface area contributed by atoms with Gasteiger partial charge in [0.05, 0.1) is 11.0 Å². The molecule has 0 heterocycles. The van der Waals surface area contributed by atoms with Crippen molar-refractivity contribution in [2.24, 2.45) is 0 Å². The van der Waals surface area contributed by atoms with E-state index in [1.807, 2.05) is 0 Å². The molecule has 0 aromatic heterocycles. The molecule has 0 aliphatic heterocycles. The molecule has 0 bridgehead atoms. The summed E-state index contributed by atoms with van der Waals surface area (Å²) in [6, 6.07) is 12.9. The van der Waals surface area contributed by atoms with Crippen molar-refractivity contribution in [3.63, 3.8) is 0 Å². The standard InChI is InChI=1S/C17H16N2O4/c1-12(20)15-4-2-3-5-16(15)18-17(21)11-8-13-6-9-14(10-7-13)19(22)23/h2-12,20H,1H3,(H,18,21)/b11-8+. The maximum atomic E-state index is 11.9. The van der Waals surface area contributed by atoms with Crippen LogP contribution in [-0.4, -0.2) is 15.9 Å². The molecule has 6 heteroatoms. The Kier molecular flexibility index (Phi) is 5.22. The average Bonchev–Trinajstić information content (AvgIpc) is 2.53. The smallest absolute Gasteiger partial charge is 0.269 e. The Morgan fingerprint density at radius 1 is 1.22 bits per heavy atom. The van der Waals surface area contributed by atoms with E-state index in [4.69, 9.17) is 0 Å². The second kappa shape index (κ2) is 7.33. The number of nitro benzene ring substituents is 1. The van der Waals surface area contributed by atoms with Crippen molar-refractivity contribution >= 4 is 23.4 Å². The zero-order chi connectivity index (χ0) is 16.8. The van der Waals surface area contributed by atoms with E-state index in [-0.39, 0.29) is 11.6 Å². The van der Waals surface area contributed by atoms with Gasteiger partial charge in [-0.15, -0.1) is 0 Å². The van der Waals surface area contributed by atoms with Gasteiger partial charge in [-0.2, -0.15) is 0 Å². The third-order valence-corrected chi connectivity index (χ3v) is 3.20. The number of carbonyl (C=O) groups excluding carboxylic acids is 1. The number of hydrogen-bond donors (Lipinski definition) is 2. The molecule has 0 radical (unpaired) electrons. The second-order valence-corrected chi connectivity index (χ2v) is 4.93. The zero-order valence-electron chi connectivity index (χ0n) is 12.5. The van der Waals surface area contributed by atoms with Crippen LogP contribution >= 0.6 is 0 Å². The van der Waals surface area contributed by atoms with Gasteiger partial charge in [0.25, 0.3) is 5.69 Å². The molecule has 6 nitrogen and oxygen atoms in total. The van der Waals surface area contributed by atoms with Gasteiger partial charge in [-0.05, 0) is 36.8 Å². The van der Waals surface area contributed by atoms with E-state index in [9.17, 15) is 20.0 Å². The Hall–Kier alpha value is -2.99. The fraction of sp³-hybridized carbons (Fsp3) is 0.118. The largest absolute Gasteiger partial charge is 0.389 e. The van der Waals surface area contributed by atoms with Crippen LogP contribution in [0.3, 0.4) is 0 Å². The highest BCUT2D eigenvalue weighted by molar-refractivity contribution is 6.02. The minimum absolute atomic E-state index is 0.00235. The van der Waals surface area contributed by atoms with Crippen molar-refractivity contribution in [3.05, 3.63) is 75.8 Å². The van der Waals surface area contributed by atoms with Gasteiger partial charge in [-0.25, -0.2) is 0 Å². The number of amides is 1. The first-order valence-electron chi connectivity index (χ1n) is 6.98. The Labute approximate surface area is 133 Å². The van der Waals surface area contributed by atoms with E-state index in [0.717, 1.165) is 0 Å². The highest BCUT2D eigenvalue weighted by Gasteiger charge is 2.08. The third kappa shape index (κ3) is 4.49. The SMILES string of the molecule is CC(O)c1ccccc1NC(=O)/C=C/c1ccc([N+](=O)[O-])cc1. The third-order valence-electron chi connectivity index (χ3n) is 3.20. The summed E-state index contributed by atoms with van der Waals surface area (Å²) >= 11 is 0. The van der Waals surface area contributed by atoms with Crippen LogP contribution in [0.1, 0.15) is 24.2 Å². The Bertz CT molecular complexity index is 737. The molecule has 2 N–H and O–H groups in total. The number of para-hydroxylation sites is 1. The first kappa shape index (κ1) is 16.4. The predicted molar refractivity (Wildman–Crippen MR) is 87.8 cm³/mol. The van der Waals surface area contributed by atoms with Crippen molar-refractivity contribution < 1.29 is 14.8 Å². The second-order valence-electron chi connectivity index (χ2n) is 4.93. The molecule has 1 unspecified atom stereocenters. The molecule has 23 heavy (non-hydrogen) atoms. The summed E-state index contributed by atoms with van der Waals surface area (Å²) in [4.78, 5) is 22.0. The normalized spacial score (nSPS) is 12.1. The maximum absolute atomic E-state index is 11.9. The monoisotopic (exact) mass is 312 g/mol. The number of carbonyl (C=O) groups is 1. The van der Waals surface area contributed by atoms with E-state index >= 15 is 0 Å². The van der Waals surface area contributed by atoms with Gasteiger partial charge in [0.2, 0.25) is 5.91 Å². The fourth-order valence-corrected chi connectivity index (χ4v) is 2.03. The van der Waals surface area contributed by atoms with E-state index in [2.05, 4.69) is 5.32 Å². The number of aliphatic hydroxyl groups excluding tert-OH is 1. The number of anilines is 1. The Morgan fingerprint density at radius 2 is 1.87 bits per heavy atom. The number of hydrogen-bond acceptors (Lipinski definition) is 4. The first-order valence-corrected chi connectivity index (χ1v) is 6.98.